The number of carbonyl (C=O) groups excluding carboxylic acids is 1. The van der Waals surface area contributed by atoms with E-state index in [0.717, 1.165) is 19.3 Å². The van der Waals surface area contributed by atoms with Crippen molar-refractivity contribution in [2.45, 2.75) is 50.2 Å². The highest BCUT2D eigenvalue weighted by Crippen LogP contribution is 2.39. The van der Waals surface area contributed by atoms with Gasteiger partial charge in [-0.25, -0.2) is 4.39 Å². The molecule has 5 heteroatoms. The maximum atomic E-state index is 13.4. The van der Waals surface area contributed by atoms with E-state index < -0.39 is 5.82 Å². The van der Waals surface area contributed by atoms with Gasteiger partial charge >= 0.3 is 0 Å². The zero-order chi connectivity index (χ0) is 15.6. The fourth-order valence-electron chi connectivity index (χ4n) is 3.60. The molecule has 1 aromatic rings. The first-order valence-corrected chi connectivity index (χ1v) is 7.90. The number of hydrogen-bond donors (Lipinski definition) is 1. The molecule has 3 rings (SSSR count). The molecule has 0 aromatic heterocycles. The summed E-state index contributed by atoms with van der Waals surface area (Å²) in [5, 5.41) is 2.96. The van der Waals surface area contributed by atoms with Crippen LogP contribution >= 0.6 is 0 Å². The summed E-state index contributed by atoms with van der Waals surface area (Å²) < 4.78 is 24.5. The Morgan fingerprint density at radius 1 is 1.36 bits per heavy atom. The Labute approximate surface area is 130 Å². The standard InChI is InChI=1S/C17H22FNO3/c1-21-15-6-5-12(18)9-14(15)16(20)19-13-10-17(22-11-13)7-3-2-4-8-17/h5-6,9,13H,2-4,7-8,10-11H2,1H3,(H,19,20). The number of methoxy groups -OCH3 is 1. The molecule has 22 heavy (non-hydrogen) atoms. The highest BCUT2D eigenvalue weighted by Gasteiger charge is 2.41. The van der Waals surface area contributed by atoms with Crippen LogP contribution in [0.5, 0.6) is 5.75 Å². The van der Waals surface area contributed by atoms with E-state index in [-0.39, 0.29) is 23.1 Å². The Bertz CT molecular complexity index is 555. The topological polar surface area (TPSA) is 47.6 Å². The van der Waals surface area contributed by atoms with Crippen molar-refractivity contribution in [3.05, 3.63) is 29.6 Å². The van der Waals surface area contributed by atoms with Crippen molar-refractivity contribution < 1.29 is 18.7 Å². The van der Waals surface area contributed by atoms with Gasteiger partial charge in [-0.05, 0) is 37.5 Å². The minimum atomic E-state index is -0.447. The van der Waals surface area contributed by atoms with Gasteiger partial charge in [-0.2, -0.15) is 0 Å². The molecule has 1 aliphatic heterocycles. The van der Waals surface area contributed by atoms with Crippen molar-refractivity contribution in [3.8, 4) is 5.75 Å². The van der Waals surface area contributed by atoms with Gasteiger partial charge in [-0.1, -0.05) is 19.3 Å². The Morgan fingerprint density at radius 3 is 2.86 bits per heavy atom. The lowest BCUT2D eigenvalue weighted by atomic mass is 9.82. The molecular formula is C17H22FNO3. The summed E-state index contributed by atoms with van der Waals surface area (Å²) >= 11 is 0. The van der Waals surface area contributed by atoms with Crippen molar-refractivity contribution in [2.24, 2.45) is 0 Å². The lowest BCUT2D eigenvalue weighted by molar-refractivity contribution is -0.0246. The molecule has 4 nitrogen and oxygen atoms in total. The number of amides is 1. The van der Waals surface area contributed by atoms with Gasteiger partial charge in [0, 0.05) is 0 Å². The smallest absolute Gasteiger partial charge is 0.255 e. The van der Waals surface area contributed by atoms with E-state index in [0.29, 0.717) is 12.4 Å². The number of halogens is 1. The number of ether oxygens (including phenoxy) is 2. The molecular weight excluding hydrogens is 285 g/mol. The van der Waals surface area contributed by atoms with Gasteiger partial charge in [-0.15, -0.1) is 0 Å². The lowest BCUT2D eigenvalue weighted by Gasteiger charge is -2.32. The van der Waals surface area contributed by atoms with Crippen LogP contribution < -0.4 is 10.1 Å². The number of benzene rings is 1. The summed E-state index contributed by atoms with van der Waals surface area (Å²) in [7, 11) is 1.47. The second kappa shape index (κ2) is 6.24. The number of rotatable bonds is 3. The lowest BCUT2D eigenvalue weighted by Crippen LogP contribution is -2.37. The molecule has 0 bridgehead atoms. The van der Waals surface area contributed by atoms with Crippen LogP contribution in [0.3, 0.4) is 0 Å². The third kappa shape index (κ3) is 3.09. The highest BCUT2D eigenvalue weighted by atomic mass is 19.1. The summed E-state index contributed by atoms with van der Waals surface area (Å²) in [5.74, 6) is -0.375. The molecule has 120 valence electrons. The van der Waals surface area contributed by atoms with Gasteiger partial charge in [-0.3, -0.25) is 4.79 Å². The predicted molar refractivity (Wildman–Crippen MR) is 80.6 cm³/mol. The molecule has 2 aliphatic rings. The van der Waals surface area contributed by atoms with Crippen molar-refractivity contribution in [1.29, 1.82) is 0 Å². The quantitative estimate of drug-likeness (QED) is 0.933. The molecule has 1 atom stereocenters. The molecule has 1 saturated heterocycles. The fourth-order valence-corrected chi connectivity index (χ4v) is 3.60. The molecule has 1 unspecified atom stereocenters. The molecule has 1 N–H and O–H groups in total. The van der Waals surface area contributed by atoms with E-state index in [2.05, 4.69) is 5.32 Å². The van der Waals surface area contributed by atoms with Crippen LogP contribution in [-0.2, 0) is 4.74 Å². The Kier molecular flexibility index (Phi) is 4.34. The van der Waals surface area contributed by atoms with Crippen LogP contribution in [0.1, 0.15) is 48.9 Å². The molecule has 0 radical (unpaired) electrons. The largest absolute Gasteiger partial charge is 0.496 e. The maximum absolute atomic E-state index is 13.4. The second-order valence-electron chi connectivity index (χ2n) is 6.27. The van der Waals surface area contributed by atoms with Crippen LogP contribution in [0.25, 0.3) is 0 Å². The first kappa shape index (κ1) is 15.3. The summed E-state index contributed by atoms with van der Waals surface area (Å²) in [6.07, 6.45) is 6.64. The van der Waals surface area contributed by atoms with Gasteiger partial charge in [0.1, 0.15) is 11.6 Å². The average Bonchev–Trinajstić information content (AvgIpc) is 2.90. The normalized spacial score (nSPS) is 23.5. The third-order valence-electron chi connectivity index (χ3n) is 4.72. The van der Waals surface area contributed by atoms with Gasteiger partial charge < -0.3 is 14.8 Å². The van der Waals surface area contributed by atoms with Crippen LogP contribution in [0.15, 0.2) is 18.2 Å². The molecule has 2 fully saturated rings. The molecule has 1 spiro atoms. The van der Waals surface area contributed by atoms with Gasteiger partial charge in [0.25, 0.3) is 5.91 Å². The Morgan fingerprint density at radius 2 is 2.14 bits per heavy atom. The van der Waals surface area contributed by atoms with Crippen molar-refractivity contribution >= 4 is 5.91 Å². The molecule has 1 heterocycles. The highest BCUT2D eigenvalue weighted by molar-refractivity contribution is 5.97. The average molecular weight is 307 g/mol. The minimum absolute atomic E-state index is 0.0152. The molecule has 1 amide bonds. The van der Waals surface area contributed by atoms with E-state index in [1.165, 1.54) is 44.6 Å². The first-order chi connectivity index (χ1) is 10.6. The maximum Gasteiger partial charge on any atom is 0.255 e. The number of hydrogen-bond acceptors (Lipinski definition) is 3. The van der Waals surface area contributed by atoms with E-state index in [1.807, 2.05) is 0 Å². The van der Waals surface area contributed by atoms with Crippen molar-refractivity contribution in [1.82, 2.24) is 5.32 Å². The SMILES string of the molecule is COc1ccc(F)cc1C(=O)NC1COC2(CCCCC2)C1. The number of carbonyl (C=O) groups is 1. The van der Waals surface area contributed by atoms with Crippen LogP contribution in [0, 0.1) is 5.82 Å². The van der Waals surface area contributed by atoms with Crippen LogP contribution in [-0.4, -0.2) is 31.3 Å². The van der Waals surface area contributed by atoms with Crippen LogP contribution in [0.2, 0.25) is 0 Å². The first-order valence-electron chi connectivity index (χ1n) is 7.90. The predicted octanol–water partition coefficient (Wildman–Crippen LogP) is 3.06. The van der Waals surface area contributed by atoms with Gasteiger partial charge in [0.05, 0.1) is 30.9 Å². The third-order valence-corrected chi connectivity index (χ3v) is 4.72. The summed E-state index contributed by atoms with van der Waals surface area (Å²) in [6.45, 7) is 0.531. The van der Waals surface area contributed by atoms with Crippen molar-refractivity contribution in [2.75, 3.05) is 13.7 Å². The zero-order valence-corrected chi connectivity index (χ0v) is 12.9. The Hall–Kier alpha value is -1.62. The second-order valence-corrected chi connectivity index (χ2v) is 6.27. The summed E-state index contributed by atoms with van der Waals surface area (Å²) in [6, 6.07) is 3.95. The van der Waals surface area contributed by atoms with Crippen LogP contribution in [0.4, 0.5) is 4.39 Å². The minimum Gasteiger partial charge on any atom is -0.496 e. The van der Waals surface area contributed by atoms with E-state index in [9.17, 15) is 9.18 Å². The summed E-state index contributed by atoms with van der Waals surface area (Å²) in [5.41, 5.74) is 0.175. The monoisotopic (exact) mass is 307 g/mol. The van der Waals surface area contributed by atoms with Crippen molar-refractivity contribution in [3.63, 3.8) is 0 Å². The van der Waals surface area contributed by atoms with E-state index in [1.54, 1.807) is 0 Å². The van der Waals surface area contributed by atoms with E-state index >= 15 is 0 Å². The molecule has 1 saturated carbocycles. The fraction of sp³-hybridized carbons (Fsp3) is 0.588. The number of nitrogens with one attached hydrogen (secondary N) is 1. The van der Waals surface area contributed by atoms with Gasteiger partial charge in [0.15, 0.2) is 0 Å². The molecule has 1 aromatic carbocycles. The van der Waals surface area contributed by atoms with E-state index in [4.69, 9.17) is 9.47 Å². The zero-order valence-electron chi connectivity index (χ0n) is 12.9. The Balaban J connectivity index is 1.66. The van der Waals surface area contributed by atoms with Gasteiger partial charge in [0.2, 0.25) is 0 Å². The molecule has 1 aliphatic carbocycles. The summed E-state index contributed by atoms with van der Waals surface area (Å²) in [4.78, 5) is 12.4.